The Labute approximate surface area is 135 Å². The summed E-state index contributed by atoms with van der Waals surface area (Å²) in [6.07, 6.45) is 10.6. The minimum absolute atomic E-state index is 0.0675. The van der Waals surface area contributed by atoms with Crippen molar-refractivity contribution < 1.29 is 0 Å². The summed E-state index contributed by atoms with van der Waals surface area (Å²) in [7, 11) is 0. The molecular weight excluding hydrogens is 288 g/mol. The van der Waals surface area contributed by atoms with Gasteiger partial charge in [0.2, 0.25) is 5.65 Å². The maximum absolute atomic E-state index is 13.0. The fourth-order valence-corrected chi connectivity index (χ4v) is 4.69. The van der Waals surface area contributed by atoms with Gasteiger partial charge in [0.05, 0.1) is 0 Å². The van der Waals surface area contributed by atoms with Crippen LogP contribution < -0.4 is 5.56 Å². The minimum Gasteiger partial charge on any atom is -0.308 e. The zero-order valence-electron chi connectivity index (χ0n) is 13.8. The van der Waals surface area contributed by atoms with Crippen LogP contribution in [0, 0.1) is 5.92 Å². The van der Waals surface area contributed by atoms with E-state index in [1.807, 2.05) is 4.57 Å². The van der Waals surface area contributed by atoms with Crippen LogP contribution in [-0.2, 0) is 24.8 Å². The van der Waals surface area contributed by atoms with Crippen LogP contribution in [0.25, 0.3) is 5.65 Å². The molecule has 5 rings (SSSR count). The Morgan fingerprint density at radius 2 is 1.87 bits per heavy atom. The normalized spacial score (nSPS) is 22.3. The molecule has 2 fully saturated rings. The molecule has 3 aliphatic carbocycles. The molecule has 0 saturated heterocycles. The molecule has 3 aliphatic rings. The highest BCUT2D eigenvalue weighted by Crippen LogP contribution is 2.61. The van der Waals surface area contributed by atoms with Crippen molar-refractivity contribution in [1.82, 2.24) is 19.2 Å². The first-order valence-electron chi connectivity index (χ1n) is 9.26. The SMILES string of the molecule is CCCn1c2c(n3c(C4(C5CC5)CC4)nnc3c1=O)CCCC2. The number of aryl methyl sites for hydroxylation is 1. The molecule has 2 saturated carbocycles. The molecule has 5 heteroatoms. The number of fused-ring (bicyclic) bond motifs is 3. The Hall–Kier alpha value is -1.65. The fraction of sp³-hybridized carbons (Fsp3) is 0.722. The van der Waals surface area contributed by atoms with Gasteiger partial charge in [0.25, 0.3) is 5.56 Å². The van der Waals surface area contributed by atoms with Gasteiger partial charge < -0.3 is 4.57 Å². The summed E-state index contributed by atoms with van der Waals surface area (Å²) >= 11 is 0. The van der Waals surface area contributed by atoms with E-state index in [1.165, 1.54) is 49.9 Å². The Balaban J connectivity index is 1.80. The van der Waals surface area contributed by atoms with Crippen molar-refractivity contribution >= 4 is 5.65 Å². The second-order valence-corrected chi connectivity index (χ2v) is 7.67. The average Bonchev–Trinajstić information content (AvgIpc) is 3.48. The zero-order valence-corrected chi connectivity index (χ0v) is 13.8. The maximum Gasteiger partial charge on any atom is 0.296 e. The Morgan fingerprint density at radius 3 is 2.52 bits per heavy atom. The second kappa shape index (κ2) is 4.68. The smallest absolute Gasteiger partial charge is 0.296 e. The van der Waals surface area contributed by atoms with E-state index < -0.39 is 0 Å². The largest absolute Gasteiger partial charge is 0.308 e. The van der Waals surface area contributed by atoms with E-state index in [-0.39, 0.29) is 11.0 Å². The van der Waals surface area contributed by atoms with Crippen LogP contribution in [0.2, 0.25) is 0 Å². The van der Waals surface area contributed by atoms with Gasteiger partial charge >= 0.3 is 0 Å². The first kappa shape index (κ1) is 13.8. The van der Waals surface area contributed by atoms with Crippen molar-refractivity contribution in [2.24, 2.45) is 5.92 Å². The summed E-state index contributed by atoms with van der Waals surface area (Å²) in [5, 5.41) is 8.93. The lowest BCUT2D eigenvalue weighted by Gasteiger charge is -2.24. The molecule has 0 unspecified atom stereocenters. The van der Waals surface area contributed by atoms with Gasteiger partial charge in [0.1, 0.15) is 5.82 Å². The lowest BCUT2D eigenvalue weighted by molar-refractivity contribution is 0.521. The molecule has 2 heterocycles. The van der Waals surface area contributed by atoms with Crippen LogP contribution in [0.15, 0.2) is 4.79 Å². The maximum atomic E-state index is 13.0. The number of aromatic nitrogens is 4. The number of hydrogen-bond acceptors (Lipinski definition) is 3. The molecular formula is C18H24N4O. The number of nitrogens with zero attached hydrogens (tertiary/aromatic N) is 4. The molecule has 0 amide bonds. The Morgan fingerprint density at radius 1 is 1.13 bits per heavy atom. The highest BCUT2D eigenvalue weighted by molar-refractivity contribution is 5.43. The van der Waals surface area contributed by atoms with E-state index in [0.717, 1.165) is 37.5 Å². The van der Waals surface area contributed by atoms with Crippen LogP contribution in [-0.4, -0.2) is 19.2 Å². The van der Waals surface area contributed by atoms with Crippen molar-refractivity contribution in [3.63, 3.8) is 0 Å². The van der Waals surface area contributed by atoms with Gasteiger partial charge in [-0.3, -0.25) is 9.20 Å². The second-order valence-electron chi connectivity index (χ2n) is 7.67. The Kier molecular flexibility index (Phi) is 2.80. The van der Waals surface area contributed by atoms with E-state index in [2.05, 4.69) is 21.5 Å². The quantitative estimate of drug-likeness (QED) is 0.872. The Bertz CT molecular complexity index is 839. The fourth-order valence-electron chi connectivity index (χ4n) is 4.69. The summed E-state index contributed by atoms with van der Waals surface area (Å²) in [5.41, 5.74) is 3.46. The third-order valence-corrected chi connectivity index (χ3v) is 6.15. The summed E-state index contributed by atoms with van der Waals surface area (Å²) in [6, 6.07) is 0. The zero-order chi connectivity index (χ0) is 15.6. The first-order chi connectivity index (χ1) is 11.3. The van der Waals surface area contributed by atoms with Crippen LogP contribution in [0.3, 0.4) is 0 Å². The van der Waals surface area contributed by atoms with E-state index in [9.17, 15) is 4.79 Å². The van der Waals surface area contributed by atoms with Crippen molar-refractivity contribution in [1.29, 1.82) is 0 Å². The molecule has 0 radical (unpaired) electrons. The van der Waals surface area contributed by atoms with Gasteiger partial charge in [-0.2, -0.15) is 0 Å². The van der Waals surface area contributed by atoms with Crippen molar-refractivity contribution in [3.8, 4) is 0 Å². The van der Waals surface area contributed by atoms with Gasteiger partial charge in [-0.15, -0.1) is 10.2 Å². The topological polar surface area (TPSA) is 52.2 Å². The van der Waals surface area contributed by atoms with Crippen LogP contribution in [0.5, 0.6) is 0 Å². The molecule has 0 N–H and O–H groups in total. The molecule has 0 atom stereocenters. The van der Waals surface area contributed by atoms with Crippen molar-refractivity contribution in [2.75, 3.05) is 0 Å². The van der Waals surface area contributed by atoms with Crippen molar-refractivity contribution in [2.45, 2.75) is 76.7 Å². The van der Waals surface area contributed by atoms with Crippen LogP contribution in [0.4, 0.5) is 0 Å². The molecule has 5 nitrogen and oxygen atoms in total. The molecule has 0 bridgehead atoms. The van der Waals surface area contributed by atoms with Gasteiger partial charge in [-0.1, -0.05) is 6.92 Å². The summed E-state index contributed by atoms with van der Waals surface area (Å²) in [4.78, 5) is 13.0. The average molecular weight is 312 g/mol. The predicted molar refractivity (Wildman–Crippen MR) is 87.8 cm³/mol. The molecule has 0 aliphatic heterocycles. The minimum atomic E-state index is 0.0675. The van der Waals surface area contributed by atoms with Gasteiger partial charge in [-0.05, 0) is 63.7 Å². The summed E-state index contributed by atoms with van der Waals surface area (Å²) in [5.74, 6) is 1.89. The summed E-state index contributed by atoms with van der Waals surface area (Å²) < 4.78 is 4.17. The van der Waals surface area contributed by atoms with Gasteiger partial charge in [-0.25, -0.2) is 0 Å². The third kappa shape index (κ3) is 1.82. The molecule has 0 aromatic carbocycles. The molecule has 2 aromatic rings. The van der Waals surface area contributed by atoms with Gasteiger partial charge in [0.15, 0.2) is 0 Å². The molecule has 23 heavy (non-hydrogen) atoms. The highest BCUT2D eigenvalue weighted by atomic mass is 16.1. The standard InChI is InChI=1S/C18H24N4O/c1-2-11-21-13-5-3-4-6-14(13)22-15(16(21)23)19-20-17(22)18(9-10-18)12-7-8-12/h12H,2-11H2,1H3. The van der Waals surface area contributed by atoms with E-state index in [4.69, 9.17) is 0 Å². The lowest BCUT2D eigenvalue weighted by Crippen LogP contribution is -2.31. The van der Waals surface area contributed by atoms with Crippen LogP contribution >= 0.6 is 0 Å². The monoisotopic (exact) mass is 312 g/mol. The van der Waals surface area contributed by atoms with Gasteiger partial charge in [0, 0.05) is 23.3 Å². The van der Waals surface area contributed by atoms with Crippen LogP contribution in [0.1, 0.15) is 69.1 Å². The van der Waals surface area contributed by atoms with E-state index in [0.29, 0.717) is 5.65 Å². The first-order valence-corrected chi connectivity index (χ1v) is 9.26. The molecule has 122 valence electrons. The number of rotatable bonds is 4. The van der Waals surface area contributed by atoms with Crippen molar-refractivity contribution in [3.05, 3.63) is 27.6 Å². The lowest BCUT2D eigenvalue weighted by atomic mass is 9.97. The molecule has 0 spiro atoms. The number of hydrogen-bond donors (Lipinski definition) is 0. The summed E-state index contributed by atoms with van der Waals surface area (Å²) in [6.45, 7) is 2.93. The van der Waals surface area contributed by atoms with E-state index >= 15 is 0 Å². The van der Waals surface area contributed by atoms with E-state index in [1.54, 1.807) is 0 Å². The predicted octanol–water partition coefficient (Wildman–Crippen LogP) is 2.62. The highest BCUT2D eigenvalue weighted by Gasteiger charge is 2.58. The third-order valence-electron chi connectivity index (χ3n) is 6.15. The molecule has 2 aromatic heterocycles.